The first-order valence-corrected chi connectivity index (χ1v) is 12.0. The van der Waals surface area contributed by atoms with E-state index < -0.39 is 0 Å². The molecule has 0 radical (unpaired) electrons. The Hall–Kier alpha value is -5.37. The molecule has 0 bridgehead atoms. The zero-order valence-electron chi connectivity index (χ0n) is 20.3. The van der Waals surface area contributed by atoms with E-state index in [9.17, 15) is 10.1 Å². The Kier molecular flexibility index (Phi) is 5.82. The molecule has 0 unspecified atom stereocenters. The normalized spacial score (nSPS) is 13.4. The van der Waals surface area contributed by atoms with Crippen molar-refractivity contribution >= 4 is 22.9 Å². The topological polar surface area (TPSA) is 143 Å². The minimum Gasteiger partial charge on any atom is -0.383 e. The van der Waals surface area contributed by atoms with Crippen molar-refractivity contribution in [3.63, 3.8) is 0 Å². The van der Waals surface area contributed by atoms with Gasteiger partial charge in [0.05, 0.1) is 24.3 Å². The number of nitrogens with zero attached hydrogens (tertiary/aromatic N) is 9. The predicted molar refractivity (Wildman–Crippen MR) is 141 cm³/mol. The molecule has 0 spiro atoms. The summed E-state index contributed by atoms with van der Waals surface area (Å²) in [5.74, 6) is 0.708. The number of amides is 1. The number of hydrogen-bond acceptors (Lipinski definition) is 9. The molecule has 2 N–H and O–H groups in total. The van der Waals surface area contributed by atoms with Crippen LogP contribution >= 0.6 is 0 Å². The maximum atomic E-state index is 13.1. The van der Waals surface area contributed by atoms with E-state index in [0.29, 0.717) is 49.0 Å². The molecule has 0 saturated carbocycles. The van der Waals surface area contributed by atoms with Crippen LogP contribution in [0.4, 0.5) is 5.82 Å². The van der Waals surface area contributed by atoms with Crippen LogP contribution in [0.2, 0.25) is 0 Å². The monoisotopic (exact) mass is 502 g/mol. The Morgan fingerprint density at radius 1 is 0.947 bits per heavy atom. The number of fused-ring (bicyclic) bond motifs is 1. The lowest BCUT2D eigenvalue weighted by atomic mass is 10.1. The SMILES string of the molecule is N#Cc1cncnc1C(=O)N1CCN(n2c(-c3cccnc3N)nc3ccc(-c4ccccc4)nc32)CC1. The fourth-order valence-corrected chi connectivity index (χ4v) is 4.60. The third-order valence-corrected chi connectivity index (χ3v) is 6.49. The molecular weight excluding hydrogens is 480 g/mol. The molecule has 5 aromatic rings. The Bertz CT molecular complexity index is 1680. The number of nitrogen functional groups attached to an aromatic ring is 1. The Morgan fingerprint density at radius 3 is 2.53 bits per heavy atom. The van der Waals surface area contributed by atoms with Gasteiger partial charge in [-0.15, -0.1) is 0 Å². The van der Waals surface area contributed by atoms with Crippen LogP contribution in [0.1, 0.15) is 16.1 Å². The number of aromatic nitrogens is 6. The van der Waals surface area contributed by atoms with Crippen molar-refractivity contribution in [1.82, 2.24) is 34.5 Å². The van der Waals surface area contributed by atoms with E-state index in [-0.39, 0.29) is 17.2 Å². The molecule has 0 atom stereocenters. The summed E-state index contributed by atoms with van der Waals surface area (Å²) in [6.07, 6.45) is 4.28. The summed E-state index contributed by atoms with van der Waals surface area (Å²) in [6.45, 7) is 1.87. The summed E-state index contributed by atoms with van der Waals surface area (Å²) in [7, 11) is 0. The van der Waals surface area contributed by atoms with E-state index in [1.165, 1.54) is 12.5 Å². The van der Waals surface area contributed by atoms with Crippen molar-refractivity contribution in [2.75, 3.05) is 36.9 Å². The highest BCUT2D eigenvalue weighted by molar-refractivity contribution is 5.94. The summed E-state index contributed by atoms with van der Waals surface area (Å²) >= 11 is 0. The second-order valence-corrected chi connectivity index (χ2v) is 8.73. The first-order valence-electron chi connectivity index (χ1n) is 12.0. The minimum atomic E-state index is -0.291. The highest BCUT2D eigenvalue weighted by Gasteiger charge is 2.28. The van der Waals surface area contributed by atoms with Gasteiger partial charge in [0, 0.05) is 31.0 Å². The number of nitriles is 1. The van der Waals surface area contributed by atoms with Crippen molar-refractivity contribution in [3.8, 4) is 28.7 Å². The van der Waals surface area contributed by atoms with E-state index in [1.807, 2.05) is 65.3 Å². The van der Waals surface area contributed by atoms with E-state index in [4.69, 9.17) is 15.7 Å². The number of pyridine rings is 2. The lowest BCUT2D eigenvalue weighted by molar-refractivity contribution is 0.0732. The second-order valence-electron chi connectivity index (χ2n) is 8.73. The van der Waals surface area contributed by atoms with E-state index in [0.717, 1.165) is 16.8 Å². The molecule has 5 heterocycles. The number of hydrogen-bond donors (Lipinski definition) is 1. The number of benzene rings is 1. The smallest absolute Gasteiger partial charge is 0.274 e. The Labute approximate surface area is 217 Å². The first-order chi connectivity index (χ1) is 18.6. The lowest BCUT2D eigenvalue weighted by Gasteiger charge is -2.37. The van der Waals surface area contributed by atoms with Crippen molar-refractivity contribution in [3.05, 3.63) is 84.6 Å². The van der Waals surface area contributed by atoms with Crippen LogP contribution in [0.5, 0.6) is 0 Å². The molecule has 1 fully saturated rings. The van der Waals surface area contributed by atoms with Crippen molar-refractivity contribution in [2.24, 2.45) is 0 Å². The van der Waals surface area contributed by atoms with Gasteiger partial charge < -0.3 is 15.6 Å². The Balaban J connectivity index is 1.38. The molecule has 1 aromatic carbocycles. The minimum absolute atomic E-state index is 0.113. The fraction of sp³-hybridized carbons (Fsp3) is 0.148. The molecule has 1 amide bonds. The summed E-state index contributed by atoms with van der Waals surface area (Å²) in [5, 5.41) is 11.5. The van der Waals surface area contributed by atoms with Gasteiger partial charge in [0.2, 0.25) is 0 Å². The van der Waals surface area contributed by atoms with Gasteiger partial charge in [0.25, 0.3) is 5.91 Å². The maximum absolute atomic E-state index is 13.1. The van der Waals surface area contributed by atoms with Gasteiger partial charge in [-0.1, -0.05) is 30.3 Å². The third-order valence-electron chi connectivity index (χ3n) is 6.49. The van der Waals surface area contributed by atoms with Crippen LogP contribution in [-0.4, -0.2) is 66.6 Å². The molecule has 38 heavy (non-hydrogen) atoms. The standard InChI is InChI=1S/C27H22N10O/c28-15-19-16-30-17-32-23(19)27(38)35-11-13-36(14-12-35)37-25(20-7-4-10-31-24(20)29)34-22-9-8-21(33-26(22)37)18-5-2-1-3-6-18/h1-10,16-17H,11-14H2,(H2,29,31). The van der Waals surface area contributed by atoms with Crippen LogP contribution in [0.3, 0.4) is 0 Å². The predicted octanol–water partition coefficient (Wildman–Crippen LogP) is 2.50. The van der Waals surface area contributed by atoms with Crippen LogP contribution in [0.25, 0.3) is 33.8 Å². The van der Waals surface area contributed by atoms with Gasteiger partial charge in [0.1, 0.15) is 35.0 Å². The zero-order valence-corrected chi connectivity index (χ0v) is 20.3. The number of nitrogens with two attached hydrogens (primary N) is 1. The third kappa shape index (κ3) is 4.04. The largest absolute Gasteiger partial charge is 0.383 e. The summed E-state index contributed by atoms with van der Waals surface area (Å²) < 4.78 is 1.97. The molecule has 186 valence electrons. The highest BCUT2D eigenvalue weighted by Crippen LogP contribution is 2.29. The van der Waals surface area contributed by atoms with Crippen LogP contribution < -0.4 is 10.7 Å². The summed E-state index contributed by atoms with van der Waals surface area (Å²) in [5.41, 5.74) is 10.5. The average Bonchev–Trinajstić information content (AvgIpc) is 3.36. The molecule has 4 aromatic heterocycles. The van der Waals surface area contributed by atoms with E-state index in [1.54, 1.807) is 11.1 Å². The number of carbonyl (C=O) groups is 1. The number of piperazine rings is 1. The average molecular weight is 503 g/mol. The summed E-state index contributed by atoms with van der Waals surface area (Å²) in [6, 6.07) is 19.6. The van der Waals surface area contributed by atoms with Crippen molar-refractivity contribution in [1.29, 1.82) is 5.26 Å². The molecule has 11 nitrogen and oxygen atoms in total. The van der Waals surface area contributed by atoms with Gasteiger partial charge in [-0.25, -0.2) is 29.6 Å². The Morgan fingerprint density at radius 2 is 1.76 bits per heavy atom. The van der Waals surface area contributed by atoms with Gasteiger partial charge in [0.15, 0.2) is 11.5 Å². The number of carbonyl (C=O) groups excluding carboxylic acids is 1. The molecule has 1 aliphatic heterocycles. The van der Waals surface area contributed by atoms with Crippen LogP contribution in [0.15, 0.2) is 73.3 Å². The van der Waals surface area contributed by atoms with Gasteiger partial charge in [-0.2, -0.15) is 5.26 Å². The van der Waals surface area contributed by atoms with E-state index in [2.05, 4.69) is 20.0 Å². The molecule has 0 aliphatic carbocycles. The molecule has 1 aliphatic rings. The van der Waals surface area contributed by atoms with Crippen LogP contribution in [-0.2, 0) is 0 Å². The molecule has 6 rings (SSSR count). The molecular formula is C27H22N10O. The van der Waals surface area contributed by atoms with Gasteiger partial charge in [-0.3, -0.25) is 4.79 Å². The number of rotatable bonds is 4. The van der Waals surface area contributed by atoms with Gasteiger partial charge in [-0.05, 0) is 24.3 Å². The maximum Gasteiger partial charge on any atom is 0.274 e. The van der Waals surface area contributed by atoms with Crippen molar-refractivity contribution in [2.45, 2.75) is 0 Å². The fourth-order valence-electron chi connectivity index (χ4n) is 4.60. The van der Waals surface area contributed by atoms with Crippen molar-refractivity contribution < 1.29 is 4.79 Å². The number of anilines is 1. The van der Waals surface area contributed by atoms with Crippen LogP contribution in [0, 0.1) is 11.3 Å². The molecule has 1 saturated heterocycles. The van der Waals surface area contributed by atoms with E-state index >= 15 is 0 Å². The van der Waals surface area contributed by atoms with Gasteiger partial charge >= 0.3 is 0 Å². The zero-order chi connectivity index (χ0) is 26.1. The quantitative estimate of drug-likeness (QED) is 0.392. The number of imidazole rings is 1. The summed E-state index contributed by atoms with van der Waals surface area (Å²) in [4.78, 5) is 36.8. The second kappa shape index (κ2) is 9.59. The first kappa shape index (κ1) is 23.1. The molecule has 11 heteroatoms. The highest BCUT2D eigenvalue weighted by atomic mass is 16.2. The lowest BCUT2D eigenvalue weighted by Crippen LogP contribution is -2.53.